The zero-order chi connectivity index (χ0) is 8.10. The van der Waals surface area contributed by atoms with Gasteiger partial charge in [0.1, 0.15) is 6.61 Å². The zero-order valence-corrected chi connectivity index (χ0v) is 7.10. The minimum absolute atomic E-state index is 0.144. The molecule has 0 saturated carbocycles. The topological polar surface area (TPSA) is 46.5 Å². The third-order valence-corrected chi connectivity index (χ3v) is 2.66. The van der Waals surface area contributed by atoms with Gasteiger partial charge in [0.25, 0.3) is 0 Å². The van der Waals surface area contributed by atoms with Crippen molar-refractivity contribution in [3.8, 4) is 0 Å². The molecule has 1 rings (SSSR count). The molecule has 1 saturated heterocycles. The molecule has 0 aromatic heterocycles. The summed E-state index contributed by atoms with van der Waals surface area (Å²) in [7, 11) is 0. The molecule has 1 N–H and O–H groups in total. The maximum absolute atomic E-state index is 10.1. The van der Waals surface area contributed by atoms with Crippen molar-refractivity contribution in [2.45, 2.75) is 18.9 Å². The van der Waals surface area contributed by atoms with Crippen molar-refractivity contribution in [1.29, 1.82) is 0 Å². The fourth-order valence-corrected chi connectivity index (χ4v) is 2.10. The molecular weight excluding hydrogens is 164 g/mol. The van der Waals surface area contributed by atoms with E-state index in [1.807, 2.05) is 11.8 Å². The van der Waals surface area contributed by atoms with Crippen LogP contribution in [0.15, 0.2) is 0 Å². The molecule has 3 nitrogen and oxygen atoms in total. The van der Waals surface area contributed by atoms with Gasteiger partial charge in [0.2, 0.25) is 0 Å². The van der Waals surface area contributed by atoms with Crippen LogP contribution < -0.4 is 0 Å². The maximum atomic E-state index is 10.1. The fraction of sp³-hybridized carbons (Fsp3) is 0.857. The first-order valence-corrected chi connectivity index (χ1v) is 4.85. The Morgan fingerprint density at radius 3 is 2.73 bits per heavy atom. The third kappa shape index (κ3) is 3.62. The molecule has 0 bridgehead atoms. The van der Waals surface area contributed by atoms with Crippen LogP contribution in [0.2, 0.25) is 0 Å². The number of hydrogen-bond donors (Lipinski definition) is 1. The monoisotopic (exact) mass is 176 g/mol. The van der Waals surface area contributed by atoms with Gasteiger partial charge in [-0.2, -0.15) is 11.8 Å². The first-order chi connectivity index (χ1) is 5.29. The van der Waals surface area contributed by atoms with Crippen molar-refractivity contribution >= 4 is 17.7 Å². The lowest BCUT2D eigenvalue weighted by Gasteiger charge is -2.20. The lowest BCUT2D eigenvalue weighted by Crippen LogP contribution is -2.22. The normalized spacial score (nSPS) is 20.0. The lowest BCUT2D eigenvalue weighted by molar-refractivity contribution is -0.144. The summed E-state index contributed by atoms with van der Waals surface area (Å²) in [4.78, 5) is 10.1. The largest absolute Gasteiger partial charge is 0.480 e. The minimum atomic E-state index is -0.872. The van der Waals surface area contributed by atoms with Crippen LogP contribution in [0.3, 0.4) is 0 Å². The number of hydrogen-bond acceptors (Lipinski definition) is 3. The maximum Gasteiger partial charge on any atom is 0.329 e. The van der Waals surface area contributed by atoms with Gasteiger partial charge < -0.3 is 9.84 Å². The third-order valence-electron chi connectivity index (χ3n) is 1.61. The molecule has 11 heavy (non-hydrogen) atoms. The van der Waals surface area contributed by atoms with Gasteiger partial charge in [0.15, 0.2) is 0 Å². The summed E-state index contributed by atoms with van der Waals surface area (Å²) in [6.07, 6.45) is 2.18. The number of rotatable bonds is 3. The quantitative estimate of drug-likeness (QED) is 0.696. The molecule has 0 unspecified atom stereocenters. The van der Waals surface area contributed by atoms with E-state index in [1.54, 1.807) is 0 Å². The number of aliphatic carboxylic acids is 1. The second-order valence-electron chi connectivity index (χ2n) is 2.52. The van der Waals surface area contributed by atoms with Gasteiger partial charge >= 0.3 is 5.97 Å². The molecule has 0 aliphatic carbocycles. The zero-order valence-electron chi connectivity index (χ0n) is 6.28. The van der Waals surface area contributed by atoms with E-state index in [1.165, 1.54) is 0 Å². The highest BCUT2D eigenvalue weighted by Crippen LogP contribution is 2.19. The number of carboxylic acids is 1. The summed E-state index contributed by atoms with van der Waals surface area (Å²) in [5.41, 5.74) is 0. The van der Waals surface area contributed by atoms with Crippen molar-refractivity contribution in [2.24, 2.45) is 0 Å². The van der Waals surface area contributed by atoms with Crippen LogP contribution in [0, 0.1) is 0 Å². The van der Waals surface area contributed by atoms with E-state index in [0.717, 1.165) is 24.3 Å². The van der Waals surface area contributed by atoms with Gasteiger partial charge in [-0.1, -0.05) is 0 Å². The number of carbonyl (C=O) groups is 1. The Balaban J connectivity index is 2.09. The van der Waals surface area contributed by atoms with E-state index >= 15 is 0 Å². The van der Waals surface area contributed by atoms with Crippen LogP contribution in [0.5, 0.6) is 0 Å². The summed E-state index contributed by atoms with van der Waals surface area (Å²) in [5.74, 6) is 1.33. The van der Waals surface area contributed by atoms with E-state index < -0.39 is 5.97 Å². The Hall–Kier alpha value is -0.220. The Bertz CT molecular complexity index is 132. The van der Waals surface area contributed by atoms with E-state index in [9.17, 15) is 4.79 Å². The van der Waals surface area contributed by atoms with Crippen LogP contribution in [0.1, 0.15) is 12.8 Å². The van der Waals surface area contributed by atoms with Crippen molar-refractivity contribution in [2.75, 3.05) is 18.1 Å². The molecule has 0 amide bonds. The van der Waals surface area contributed by atoms with Gasteiger partial charge in [0, 0.05) is 0 Å². The Labute approximate surface area is 70.1 Å². The van der Waals surface area contributed by atoms with Crippen LogP contribution in [-0.2, 0) is 9.53 Å². The highest BCUT2D eigenvalue weighted by atomic mass is 32.2. The van der Waals surface area contributed by atoms with E-state index in [-0.39, 0.29) is 12.7 Å². The highest BCUT2D eigenvalue weighted by Gasteiger charge is 2.14. The van der Waals surface area contributed by atoms with E-state index in [4.69, 9.17) is 9.84 Å². The van der Waals surface area contributed by atoms with Gasteiger partial charge in [0.05, 0.1) is 6.10 Å². The predicted molar refractivity (Wildman–Crippen MR) is 43.9 cm³/mol. The second-order valence-corrected chi connectivity index (χ2v) is 3.74. The lowest BCUT2D eigenvalue weighted by atomic mass is 10.2. The number of thioether (sulfide) groups is 1. The van der Waals surface area contributed by atoms with Crippen molar-refractivity contribution < 1.29 is 14.6 Å². The summed E-state index contributed by atoms with van der Waals surface area (Å²) >= 11 is 1.91. The molecule has 1 fully saturated rings. The minimum Gasteiger partial charge on any atom is -0.480 e. The smallest absolute Gasteiger partial charge is 0.329 e. The van der Waals surface area contributed by atoms with Crippen molar-refractivity contribution in [1.82, 2.24) is 0 Å². The van der Waals surface area contributed by atoms with Crippen molar-refractivity contribution in [3.63, 3.8) is 0 Å². The van der Waals surface area contributed by atoms with E-state index in [2.05, 4.69) is 0 Å². The highest BCUT2D eigenvalue weighted by molar-refractivity contribution is 7.99. The molecule has 0 aromatic carbocycles. The molecule has 4 heteroatoms. The van der Waals surface area contributed by atoms with Crippen LogP contribution >= 0.6 is 11.8 Å². The summed E-state index contributed by atoms with van der Waals surface area (Å²) < 4.78 is 5.13. The standard InChI is InChI=1S/C7H12O3S/c8-7(9)5-10-6-1-3-11-4-2-6/h6H,1-5H2,(H,8,9). The van der Waals surface area contributed by atoms with Gasteiger partial charge in [-0.25, -0.2) is 4.79 Å². The van der Waals surface area contributed by atoms with Gasteiger partial charge in [-0.15, -0.1) is 0 Å². The summed E-state index contributed by atoms with van der Waals surface area (Å²) in [6, 6.07) is 0. The molecular formula is C7H12O3S. The fourth-order valence-electron chi connectivity index (χ4n) is 1.03. The Morgan fingerprint density at radius 2 is 2.18 bits per heavy atom. The Kier molecular flexibility index (Phi) is 3.72. The second kappa shape index (κ2) is 4.62. The molecule has 1 aliphatic heterocycles. The van der Waals surface area contributed by atoms with Crippen LogP contribution in [0.25, 0.3) is 0 Å². The molecule has 0 aromatic rings. The number of carboxylic acid groups (broad SMARTS) is 1. The van der Waals surface area contributed by atoms with Gasteiger partial charge in [-0.05, 0) is 24.3 Å². The summed E-state index contributed by atoms with van der Waals surface area (Å²) in [5, 5.41) is 8.31. The number of ether oxygens (including phenoxy) is 1. The average molecular weight is 176 g/mol. The predicted octanol–water partition coefficient (Wildman–Crippen LogP) is 0.983. The SMILES string of the molecule is O=C(O)COC1CCSCC1. The molecule has 64 valence electrons. The molecule has 0 spiro atoms. The Morgan fingerprint density at radius 1 is 1.55 bits per heavy atom. The van der Waals surface area contributed by atoms with E-state index in [0.29, 0.717) is 0 Å². The van der Waals surface area contributed by atoms with Gasteiger partial charge in [-0.3, -0.25) is 0 Å². The summed E-state index contributed by atoms with van der Waals surface area (Å²) in [6.45, 7) is -0.144. The van der Waals surface area contributed by atoms with Crippen LogP contribution in [-0.4, -0.2) is 35.3 Å². The van der Waals surface area contributed by atoms with Crippen molar-refractivity contribution in [3.05, 3.63) is 0 Å². The molecule has 1 heterocycles. The van der Waals surface area contributed by atoms with Crippen LogP contribution in [0.4, 0.5) is 0 Å². The molecule has 0 atom stereocenters. The first-order valence-electron chi connectivity index (χ1n) is 3.70. The molecule has 0 radical (unpaired) electrons. The first kappa shape index (κ1) is 8.87. The molecule has 1 aliphatic rings. The average Bonchev–Trinajstić information content (AvgIpc) is 2.03.